The van der Waals surface area contributed by atoms with E-state index in [2.05, 4.69) is 19.2 Å². The van der Waals surface area contributed by atoms with Gasteiger partial charge in [-0.3, -0.25) is 4.79 Å². The molecule has 0 spiro atoms. The van der Waals surface area contributed by atoms with Crippen molar-refractivity contribution in [3.63, 3.8) is 0 Å². The Hall–Kier alpha value is -0.610. The van der Waals surface area contributed by atoms with Crippen molar-refractivity contribution in [2.75, 3.05) is 13.2 Å². The van der Waals surface area contributed by atoms with E-state index in [1.54, 1.807) is 6.92 Å². The minimum atomic E-state index is -0.803. The SMILES string of the molecule is CCNC(C)(CCCCOC1CC(C)CC(C)C1)C(=O)O. The Kier molecular flexibility index (Phi) is 7.67. The van der Waals surface area contributed by atoms with Gasteiger partial charge in [-0.15, -0.1) is 0 Å². The van der Waals surface area contributed by atoms with E-state index in [9.17, 15) is 9.90 Å². The van der Waals surface area contributed by atoms with Crippen molar-refractivity contribution in [3.8, 4) is 0 Å². The van der Waals surface area contributed by atoms with Crippen LogP contribution in [0.25, 0.3) is 0 Å². The van der Waals surface area contributed by atoms with Gasteiger partial charge < -0.3 is 15.2 Å². The fraction of sp³-hybridized carbons (Fsp3) is 0.941. The third kappa shape index (κ3) is 6.35. The van der Waals surface area contributed by atoms with Crippen molar-refractivity contribution in [2.24, 2.45) is 11.8 Å². The molecule has 3 atom stereocenters. The van der Waals surface area contributed by atoms with Crippen molar-refractivity contribution < 1.29 is 14.6 Å². The van der Waals surface area contributed by atoms with Crippen LogP contribution in [0.3, 0.4) is 0 Å². The number of likely N-dealkylation sites (N-methyl/N-ethyl adjacent to an activating group) is 1. The molecule has 1 saturated carbocycles. The molecule has 3 unspecified atom stereocenters. The number of hydrogen-bond acceptors (Lipinski definition) is 3. The van der Waals surface area contributed by atoms with E-state index in [0.29, 0.717) is 19.1 Å². The highest BCUT2D eigenvalue weighted by molar-refractivity contribution is 5.78. The molecule has 0 aliphatic heterocycles. The summed E-state index contributed by atoms with van der Waals surface area (Å²) in [6.45, 7) is 9.75. The molecule has 21 heavy (non-hydrogen) atoms. The molecule has 124 valence electrons. The third-order valence-corrected chi connectivity index (χ3v) is 4.60. The van der Waals surface area contributed by atoms with Crippen LogP contribution in [-0.2, 0) is 9.53 Å². The van der Waals surface area contributed by atoms with Gasteiger partial charge in [0, 0.05) is 6.61 Å². The number of carboxylic acids is 1. The number of unbranched alkanes of at least 4 members (excludes halogenated alkanes) is 1. The lowest BCUT2D eigenvalue weighted by Crippen LogP contribution is -2.49. The van der Waals surface area contributed by atoms with Gasteiger partial charge in [0.15, 0.2) is 0 Å². The monoisotopic (exact) mass is 299 g/mol. The van der Waals surface area contributed by atoms with E-state index in [4.69, 9.17) is 4.74 Å². The van der Waals surface area contributed by atoms with Crippen LogP contribution in [-0.4, -0.2) is 35.9 Å². The van der Waals surface area contributed by atoms with Crippen LogP contribution < -0.4 is 5.32 Å². The average Bonchev–Trinajstić information content (AvgIpc) is 2.37. The molecule has 1 fully saturated rings. The molecule has 2 N–H and O–H groups in total. The summed E-state index contributed by atoms with van der Waals surface area (Å²) in [6.07, 6.45) is 6.55. The first-order chi connectivity index (χ1) is 9.87. The Morgan fingerprint density at radius 3 is 2.38 bits per heavy atom. The summed E-state index contributed by atoms with van der Waals surface area (Å²) in [7, 11) is 0. The Bertz CT molecular complexity index is 311. The molecule has 1 aliphatic rings. The van der Waals surface area contributed by atoms with Gasteiger partial charge >= 0.3 is 5.97 Å². The second-order valence-electron chi connectivity index (χ2n) is 7.03. The first-order valence-electron chi connectivity index (χ1n) is 8.47. The Labute approximate surface area is 129 Å². The number of carbonyl (C=O) groups is 1. The summed E-state index contributed by atoms with van der Waals surface area (Å²) >= 11 is 0. The maximum atomic E-state index is 11.3. The van der Waals surface area contributed by atoms with E-state index in [-0.39, 0.29) is 0 Å². The smallest absolute Gasteiger partial charge is 0.323 e. The van der Waals surface area contributed by atoms with E-state index in [1.807, 2.05) is 6.92 Å². The van der Waals surface area contributed by atoms with Crippen molar-refractivity contribution in [2.45, 2.75) is 77.9 Å². The van der Waals surface area contributed by atoms with Crippen LogP contribution in [0.5, 0.6) is 0 Å². The molecule has 0 radical (unpaired) electrons. The summed E-state index contributed by atoms with van der Waals surface area (Å²) < 4.78 is 5.99. The van der Waals surface area contributed by atoms with Gasteiger partial charge in [0.1, 0.15) is 5.54 Å². The lowest BCUT2D eigenvalue weighted by molar-refractivity contribution is -0.144. The minimum Gasteiger partial charge on any atom is -0.480 e. The van der Waals surface area contributed by atoms with Crippen molar-refractivity contribution in [1.29, 1.82) is 0 Å². The Morgan fingerprint density at radius 2 is 1.86 bits per heavy atom. The molecule has 1 aliphatic carbocycles. The van der Waals surface area contributed by atoms with Crippen molar-refractivity contribution in [1.82, 2.24) is 5.32 Å². The standard InChI is InChI=1S/C17H33NO3/c1-5-18-17(4,16(19)20)8-6-7-9-21-15-11-13(2)10-14(3)12-15/h13-15,18H,5-12H2,1-4H3,(H,19,20). The molecule has 4 nitrogen and oxygen atoms in total. The first-order valence-corrected chi connectivity index (χ1v) is 8.47. The van der Waals surface area contributed by atoms with Crippen molar-refractivity contribution in [3.05, 3.63) is 0 Å². The van der Waals surface area contributed by atoms with Crippen LogP contribution in [0.4, 0.5) is 0 Å². The molecule has 4 heteroatoms. The fourth-order valence-electron chi connectivity index (χ4n) is 3.50. The zero-order chi connectivity index (χ0) is 15.9. The molecule has 0 bridgehead atoms. The van der Waals surface area contributed by atoms with Gasteiger partial charge in [-0.2, -0.15) is 0 Å². The van der Waals surface area contributed by atoms with E-state index < -0.39 is 11.5 Å². The molecule has 0 amide bonds. The Balaban J connectivity index is 2.20. The number of rotatable bonds is 9. The number of ether oxygens (including phenoxy) is 1. The van der Waals surface area contributed by atoms with Crippen molar-refractivity contribution >= 4 is 5.97 Å². The predicted molar refractivity (Wildman–Crippen MR) is 85.5 cm³/mol. The van der Waals surface area contributed by atoms with Crippen LogP contribution in [0, 0.1) is 11.8 Å². The number of carboxylic acid groups (broad SMARTS) is 1. The summed E-state index contributed by atoms with van der Waals surface area (Å²) in [5, 5.41) is 12.4. The number of hydrogen-bond donors (Lipinski definition) is 2. The first kappa shape index (κ1) is 18.4. The number of aliphatic carboxylic acids is 1. The second-order valence-corrected chi connectivity index (χ2v) is 7.03. The molecule has 0 heterocycles. The molecule has 0 aromatic carbocycles. The summed E-state index contributed by atoms with van der Waals surface area (Å²) in [5.74, 6) is 0.769. The topological polar surface area (TPSA) is 58.6 Å². The number of nitrogens with one attached hydrogen (secondary N) is 1. The second kappa shape index (κ2) is 8.74. The van der Waals surface area contributed by atoms with Gasteiger partial charge in [0.05, 0.1) is 6.10 Å². The maximum Gasteiger partial charge on any atom is 0.323 e. The molecular formula is C17H33NO3. The molecular weight excluding hydrogens is 266 g/mol. The highest BCUT2D eigenvalue weighted by Crippen LogP contribution is 2.30. The van der Waals surface area contributed by atoms with Gasteiger partial charge in [0.2, 0.25) is 0 Å². The highest BCUT2D eigenvalue weighted by atomic mass is 16.5. The summed E-state index contributed by atoms with van der Waals surface area (Å²) in [6, 6.07) is 0. The maximum absolute atomic E-state index is 11.3. The Morgan fingerprint density at radius 1 is 1.24 bits per heavy atom. The third-order valence-electron chi connectivity index (χ3n) is 4.60. The van der Waals surface area contributed by atoms with Crippen LogP contribution in [0.15, 0.2) is 0 Å². The summed E-state index contributed by atoms with van der Waals surface area (Å²) in [4.78, 5) is 11.3. The minimum absolute atomic E-state index is 0.406. The van der Waals surface area contributed by atoms with Crippen LogP contribution in [0.2, 0.25) is 0 Å². The quantitative estimate of drug-likeness (QED) is 0.640. The fourth-order valence-corrected chi connectivity index (χ4v) is 3.50. The van der Waals surface area contributed by atoms with E-state index in [0.717, 1.165) is 31.3 Å². The summed E-state index contributed by atoms with van der Waals surface area (Å²) in [5.41, 5.74) is -0.803. The lowest BCUT2D eigenvalue weighted by Gasteiger charge is -2.31. The van der Waals surface area contributed by atoms with Gasteiger partial charge in [0.25, 0.3) is 0 Å². The predicted octanol–water partition coefficient (Wildman–Crippen LogP) is 3.45. The zero-order valence-electron chi connectivity index (χ0n) is 14.2. The lowest BCUT2D eigenvalue weighted by atomic mass is 9.82. The molecule has 0 aromatic heterocycles. The average molecular weight is 299 g/mol. The van der Waals surface area contributed by atoms with E-state index in [1.165, 1.54) is 19.3 Å². The molecule has 0 aromatic rings. The largest absolute Gasteiger partial charge is 0.480 e. The molecule has 1 rings (SSSR count). The van der Waals surface area contributed by atoms with Gasteiger partial charge in [-0.1, -0.05) is 20.8 Å². The van der Waals surface area contributed by atoms with Crippen LogP contribution >= 0.6 is 0 Å². The molecule has 0 saturated heterocycles. The zero-order valence-corrected chi connectivity index (χ0v) is 14.2. The van der Waals surface area contributed by atoms with Crippen LogP contribution in [0.1, 0.15) is 66.2 Å². The van der Waals surface area contributed by atoms with Gasteiger partial charge in [-0.25, -0.2) is 0 Å². The van der Waals surface area contributed by atoms with Gasteiger partial charge in [-0.05, 0) is 63.8 Å². The van der Waals surface area contributed by atoms with E-state index >= 15 is 0 Å². The highest BCUT2D eigenvalue weighted by Gasteiger charge is 2.31. The normalized spacial score (nSPS) is 29.0.